The first-order chi connectivity index (χ1) is 14.8. The van der Waals surface area contributed by atoms with Crippen molar-refractivity contribution in [3.63, 3.8) is 0 Å². The number of alkyl halides is 9. The lowest BCUT2D eigenvalue weighted by Crippen LogP contribution is -2.63. The van der Waals surface area contributed by atoms with E-state index in [0.29, 0.717) is 0 Å². The smallest absolute Gasteiger partial charge is 0.460 e. The summed E-state index contributed by atoms with van der Waals surface area (Å²) < 4.78 is 140. The molecular weight excluding hydrogens is 515 g/mol. The van der Waals surface area contributed by atoms with Gasteiger partial charge in [-0.3, -0.25) is 4.55 Å². The Balaban J connectivity index is 0.000000330. The number of hydrogen-bond donors (Lipinski definition) is 2. The molecule has 33 heavy (non-hydrogen) atoms. The van der Waals surface area contributed by atoms with Gasteiger partial charge in [-0.15, -0.1) is 12.6 Å². The molecule has 188 valence electrons. The first-order valence-electron chi connectivity index (χ1n) is 8.83. The summed E-state index contributed by atoms with van der Waals surface area (Å²) in [7, 11) is -7.17. The van der Waals surface area contributed by atoms with Gasteiger partial charge in [-0.05, 0) is 23.9 Å². The highest BCUT2D eigenvalue weighted by Gasteiger charge is 2.85. The molecule has 0 bridgehead atoms. The van der Waals surface area contributed by atoms with Crippen LogP contribution in [0.4, 0.5) is 39.5 Å². The van der Waals surface area contributed by atoms with Gasteiger partial charge < -0.3 is 4.74 Å². The van der Waals surface area contributed by atoms with Gasteiger partial charge in [-0.25, -0.2) is 0 Å². The summed E-state index contributed by atoms with van der Waals surface area (Å²) in [6.45, 7) is 2.95. The molecule has 1 N–H and O–H groups in total. The molecule has 0 spiro atoms. The van der Waals surface area contributed by atoms with Gasteiger partial charge in [0.2, 0.25) is 0 Å². The van der Waals surface area contributed by atoms with Crippen LogP contribution in [0.25, 0.3) is 10.8 Å². The Morgan fingerprint density at radius 2 is 1.39 bits per heavy atom. The fourth-order valence-corrected chi connectivity index (χ4v) is 2.95. The normalized spacial score (nSPS) is 13.5. The Kier molecular flexibility index (Phi) is 8.99. The second-order valence-corrected chi connectivity index (χ2v) is 8.41. The van der Waals surface area contributed by atoms with E-state index in [2.05, 4.69) is 31.7 Å². The number of fused-ring (bicyclic) bond motifs is 1. The van der Waals surface area contributed by atoms with Crippen molar-refractivity contribution in [2.24, 2.45) is 0 Å². The molecule has 0 amide bonds. The maximum atomic E-state index is 12.2. The quantitative estimate of drug-likeness (QED) is 0.182. The second-order valence-electron chi connectivity index (χ2n) is 6.47. The predicted octanol–water partition coefficient (Wildman–Crippen LogP) is 6.61. The van der Waals surface area contributed by atoms with E-state index in [-0.39, 0.29) is 0 Å². The average molecular weight is 532 g/mol. The van der Waals surface area contributed by atoms with Crippen LogP contribution in [-0.2, 0) is 10.1 Å². The van der Waals surface area contributed by atoms with E-state index in [1.54, 1.807) is 0 Å². The third-order valence-corrected chi connectivity index (χ3v) is 5.35. The third kappa shape index (κ3) is 5.98. The van der Waals surface area contributed by atoms with Gasteiger partial charge in [0.15, 0.2) is 0 Å². The molecule has 0 aliphatic carbocycles. The van der Waals surface area contributed by atoms with E-state index in [0.717, 1.165) is 40.9 Å². The zero-order valence-electron chi connectivity index (χ0n) is 16.5. The molecule has 2 aromatic rings. The van der Waals surface area contributed by atoms with Crippen LogP contribution in [0.5, 0.6) is 5.75 Å². The molecule has 4 nitrogen and oxygen atoms in total. The lowest BCUT2D eigenvalue weighted by Gasteiger charge is -2.31. The topological polar surface area (TPSA) is 63.6 Å². The molecule has 2 aromatic carbocycles. The minimum absolute atomic E-state index is 0.784. The third-order valence-electron chi connectivity index (χ3n) is 4.06. The summed E-state index contributed by atoms with van der Waals surface area (Å²) in [6, 6.07) is 12.2. The highest BCUT2D eigenvalue weighted by molar-refractivity contribution is 7.87. The summed E-state index contributed by atoms with van der Waals surface area (Å²) in [4.78, 5) is 0.999. The number of hydrogen-bond acceptors (Lipinski definition) is 4. The molecule has 0 radical (unpaired) electrons. The molecule has 0 aliphatic heterocycles. The summed E-state index contributed by atoms with van der Waals surface area (Å²) in [5, 5.41) is -4.70. The SMILES string of the molecule is CCCCOc1ccc(S)c2ccccc12.O=S(=O)(O)C(F)(F)C(F)(F)C(F)(F)C(F)(F)F. The van der Waals surface area contributed by atoms with Gasteiger partial charge in [0.1, 0.15) is 5.75 Å². The molecule has 0 unspecified atom stereocenters. The van der Waals surface area contributed by atoms with Crippen LogP contribution in [0.15, 0.2) is 41.3 Å². The van der Waals surface area contributed by atoms with Gasteiger partial charge in [-0.2, -0.15) is 47.9 Å². The molecule has 2 rings (SSSR count). The van der Waals surface area contributed by atoms with Gasteiger partial charge in [-0.1, -0.05) is 37.6 Å². The van der Waals surface area contributed by atoms with E-state index < -0.39 is 33.4 Å². The van der Waals surface area contributed by atoms with Crippen LogP contribution in [0.1, 0.15) is 19.8 Å². The fraction of sp³-hybridized carbons (Fsp3) is 0.444. The van der Waals surface area contributed by atoms with Crippen molar-refractivity contribution in [1.82, 2.24) is 0 Å². The average Bonchev–Trinajstić information content (AvgIpc) is 2.68. The predicted molar refractivity (Wildman–Crippen MR) is 104 cm³/mol. The van der Waals surface area contributed by atoms with E-state index in [1.165, 1.54) is 0 Å². The van der Waals surface area contributed by atoms with Crippen LogP contribution < -0.4 is 4.74 Å². The van der Waals surface area contributed by atoms with E-state index in [4.69, 9.17) is 9.29 Å². The Morgan fingerprint density at radius 3 is 1.85 bits per heavy atom. The van der Waals surface area contributed by atoms with E-state index in [1.807, 2.05) is 24.3 Å². The van der Waals surface area contributed by atoms with Crippen LogP contribution in [0.3, 0.4) is 0 Å². The molecular formula is C18H17F9O4S2. The number of unbranched alkanes of at least 4 members (excludes halogenated alkanes) is 1. The molecule has 0 heterocycles. The monoisotopic (exact) mass is 532 g/mol. The molecule has 0 saturated carbocycles. The zero-order chi connectivity index (χ0) is 25.9. The van der Waals surface area contributed by atoms with Crippen molar-refractivity contribution >= 4 is 33.5 Å². The van der Waals surface area contributed by atoms with Crippen molar-refractivity contribution in [3.05, 3.63) is 36.4 Å². The highest BCUT2D eigenvalue weighted by Crippen LogP contribution is 2.54. The van der Waals surface area contributed by atoms with Crippen molar-refractivity contribution in [1.29, 1.82) is 0 Å². The standard InChI is InChI=1S/C14H16OS.C4HF9O3S/c1-2-3-10-15-13-8-9-14(16)12-7-5-4-6-11(12)13;5-1(6,3(9,10)11)2(7,8)4(12,13)17(14,15)16/h4-9,16H,2-3,10H2,1H3;(H,14,15,16). The summed E-state index contributed by atoms with van der Waals surface area (Å²) in [5.74, 6) is -13.8. The fourth-order valence-electron chi connectivity index (χ4n) is 2.23. The molecule has 0 aliphatic rings. The van der Waals surface area contributed by atoms with E-state index >= 15 is 0 Å². The van der Waals surface area contributed by atoms with Gasteiger partial charge in [0, 0.05) is 10.3 Å². The highest BCUT2D eigenvalue weighted by atomic mass is 32.2. The van der Waals surface area contributed by atoms with Gasteiger partial charge in [0.05, 0.1) is 6.61 Å². The Morgan fingerprint density at radius 1 is 0.879 bits per heavy atom. The molecule has 0 saturated heterocycles. The van der Waals surface area contributed by atoms with Crippen LogP contribution >= 0.6 is 12.6 Å². The summed E-state index contributed by atoms with van der Waals surface area (Å²) in [5.41, 5.74) is 0. The van der Waals surface area contributed by atoms with Crippen molar-refractivity contribution in [3.8, 4) is 5.75 Å². The lowest BCUT2D eigenvalue weighted by atomic mass is 10.1. The number of benzene rings is 2. The number of thiol groups is 1. The minimum atomic E-state index is -7.37. The Labute approximate surface area is 187 Å². The van der Waals surface area contributed by atoms with Gasteiger partial charge in [0.25, 0.3) is 0 Å². The number of halogens is 9. The first kappa shape index (κ1) is 29.2. The Hall–Kier alpha value is -1.87. The molecule has 0 fully saturated rings. The van der Waals surface area contributed by atoms with Crippen molar-refractivity contribution in [2.45, 2.75) is 47.9 Å². The second kappa shape index (κ2) is 10.2. The summed E-state index contributed by atoms with van der Waals surface area (Å²) in [6.07, 6.45) is -4.88. The maximum absolute atomic E-state index is 12.2. The first-order valence-corrected chi connectivity index (χ1v) is 10.7. The number of ether oxygens (including phenoxy) is 1. The van der Waals surface area contributed by atoms with E-state index in [9.17, 15) is 47.9 Å². The molecule has 15 heteroatoms. The zero-order valence-corrected chi connectivity index (χ0v) is 18.2. The summed E-state index contributed by atoms with van der Waals surface area (Å²) >= 11 is 4.45. The van der Waals surface area contributed by atoms with Crippen LogP contribution in [0.2, 0.25) is 0 Å². The van der Waals surface area contributed by atoms with Crippen molar-refractivity contribution < 1.29 is 57.2 Å². The van der Waals surface area contributed by atoms with Gasteiger partial charge >= 0.3 is 33.4 Å². The lowest BCUT2D eigenvalue weighted by molar-refractivity contribution is -0.382. The maximum Gasteiger partial charge on any atom is 0.460 e. The Bertz CT molecular complexity index is 1050. The van der Waals surface area contributed by atoms with Crippen LogP contribution in [0, 0.1) is 0 Å². The van der Waals surface area contributed by atoms with Crippen LogP contribution in [-0.4, -0.2) is 42.9 Å². The largest absolute Gasteiger partial charge is 0.493 e. The number of rotatable bonds is 7. The molecule has 0 atom stereocenters. The minimum Gasteiger partial charge on any atom is -0.493 e. The molecule has 0 aromatic heterocycles. The van der Waals surface area contributed by atoms with Crippen molar-refractivity contribution in [2.75, 3.05) is 6.61 Å².